The first-order chi connectivity index (χ1) is 16.4. The van der Waals surface area contributed by atoms with Crippen LogP contribution in [-0.4, -0.2) is 53.2 Å². The number of hydrogen-bond acceptors (Lipinski definition) is 5. The molecule has 2 heterocycles. The van der Waals surface area contributed by atoms with E-state index in [2.05, 4.69) is 32.0 Å². The Morgan fingerprint density at radius 2 is 1.88 bits per heavy atom. The van der Waals surface area contributed by atoms with E-state index >= 15 is 0 Å². The van der Waals surface area contributed by atoms with Crippen molar-refractivity contribution in [1.29, 1.82) is 0 Å². The van der Waals surface area contributed by atoms with Crippen LogP contribution in [0.5, 0.6) is 0 Å². The van der Waals surface area contributed by atoms with Gasteiger partial charge in [-0.15, -0.1) is 0 Å². The number of carbonyl (C=O) groups is 2. The Morgan fingerprint density at radius 3 is 2.62 bits per heavy atom. The second kappa shape index (κ2) is 10.7. The number of carbonyl (C=O) groups excluding carboxylic acids is 2. The molecule has 1 amide bonds. The number of ether oxygens (including phenoxy) is 1. The molecule has 1 saturated heterocycles. The molecule has 0 aromatic heterocycles. The minimum absolute atomic E-state index is 0.114. The summed E-state index contributed by atoms with van der Waals surface area (Å²) in [6.07, 6.45) is 3.25. The highest BCUT2D eigenvalue weighted by Crippen LogP contribution is 2.34. The molecule has 180 valence electrons. The lowest BCUT2D eigenvalue weighted by atomic mass is 9.95. The van der Waals surface area contributed by atoms with Gasteiger partial charge in [0.2, 0.25) is 0 Å². The van der Waals surface area contributed by atoms with Gasteiger partial charge >= 0.3 is 5.97 Å². The zero-order valence-electron chi connectivity index (χ0n) is 20.1. The standard InChI is InChI=1S/C27H32ClN3O3/c1-4-34-27(33)24-7-5-6-14-30(24)17-26(32)31-25(20-10-12-21(28)13-11-20)16-23(29-31)22-15-18(2)8-9-19(22)3/h8-13,15,24-25H,4-7,14,16-17H2,1-3H3. The second-order valence-corrected chi connectivity index (χ2v) is 9.55. The minimum atomic E-state index is -0.378. The predicted molar refractivity (Wildman–Crippen MR) is 134 cm³/mol. The number of likely N-dealkylation sites (tertiary alicyclic amines) is 1. The topological polar surface area (TPSA) is 62.2 Å². The van der Waals surface area contributed by atoms with Gasteiger partial charge in [0.25, 0.3) is 5.91 Å². The average Bonchev–Trinajstić information content (AvgIpc) is 3.27. The van der Waals surface area contributed by atoms with Gasteiger partial charge in [-0.25, -0.2) is 5.01 Å². The van der Waals surface area contributed by atoms with Crippen molar-refractivity contribution in [2.45, 2.75) is 58.5 Å². The first-order valence-electron chi connectivity index (χ1n) is 12.0. The molecular weight excluding hydrogens is 450 g/mol. The van der Waals surface area contributed by atoms with Gasteiger partial charge in [0.15, 0.2) is 0 Å². The van der Waals surface area contributed by atoms with Crippen LogP contribution in [0.2, 0.25) is 5.02 Å². The molecule has 0 radical (unpaired) electrons. The van der Waals surface area contributed by atoms with Gasteiger partial charge in [-0.1, -0.05) is 47.9 Å². The Hall–Kier alpha value is -2.70. The Kier molecular flexibility index (Phi) is 7.69. The summed E-state index contributed by atoms with van der Waals surface area (Å²) in [7, 11) is 0. The fourth-order valence-corrected chi connectivity index (χ4v) is 4.95. The highest BCUT2D eigenvalue weighted by Gasteiger charge is 2.37. The van der Waals surface area contributed by atoms with Gasteiger partial charge in [0, 0.05) is 17.0 Å². The van der Waals surface area contributed by atoms with Crippen molar-refractivity contribution >= 4 is 29.2 Å². The molecule has 0 spiro atoms. The maximum Gasteiger partial charge on any atom is 0.323 e. The van der Waals surface area contributed by atoms with E-state index in [1.165, 1.54) is 0 Å². The van der Waals surface area contributed by atoms with E-state index in [9.17, 15) is 9.59 Å². The van der Waals surface area contributed by atoms with Crippen LogP contribution in [0.25, 0.3) is 0 Å². The van der Waals surface area contributed by atoms with Gasteiger partial charge < -0.3 is 4.74 Å². The van der Waals surface area contributed by atoms with Crippen molar-refractivity contribution in [2.75, 3.05) is 19.7 Å². The Balaban J connectivity index is 1.62. The van der Waals surface area contributed by atoms with Crippen LogP contribution in [0.3, 0.4) is 0 Å². The first kappa shape index (κ1) is 24.4. The van der Waals surface area contributed by atoms with Crippen LogP contribution >= 0.6 is 11.6 Å². The molecule has 0 N–H and O–H groups in total. The number of hydrogen-bond donors (Lipinski definition) is 0. The summed E-state index contributed by atoms with van der Waals surface area (Å²) in [5.74, 6) is -0.360. The molecule has 7 heteroatoms. The molecule has 0 aliphatic carbocycles. The molecule has 0 bridgehead atoms. The van der Waals surface area contributed by atoms with Crippen molar-refractivity contribution in [2.24, 2.45) is 5.10 Å². The molecule has 6 nitrogen and oxygen atoms in total. The summed E-state index contributed by atoms with van der Waals surface area (Å²) >= 11 is 6.12. The van der Waals surface area contributed by atoms with Crippen LogP contribution in [-0.2, 0) is 14.3 Å². The van der Waals surface area contributed by atoms with E-state index in [-0.39, 0.29) is 30.5 Å². The minimum Gasteiger partial charge on any atom is -0.465 e. The summed E-state index contributed by atoms with van der Waals surface area (Å²) in [5, 5.41) is 7.10. The van der Waals surface area contributed by atoms with E-state index in [1.807, 2.05) is 29.2 Å². The number of benzene rings is 2. The van der Waals surface area contributed by atoms with Crippen LogP contribution in [0.1, 0.15) is 60.9 Å². The van der Waals surface area contributed by atoms with Crippen molar-refractivity contribution < 1.29 is 14.3 Å². The molecule has 2 atom stereocenters. The van der Waals surface area contributed by atoms with Crippen molar-refractivity contribution in [1.82, 2.24) is 9.91 Å². The summed E-state index contributed by atoms with van der Waals surface area (Å²) in [6, 6.07) is 13.3. The maximum atomic E-state index is 13.6. The van der Waals surface area contributed by atoms with Crippen molar-refractivity contribution in [3.05, 3.63) is 69.7 Å². The fraction of sp³-hybridized carbons (Fsp3) is 0.444. The lowest BCUT2D eigenvalue weighted by Gasteiger charge is -2.34. The first-order valence-corrected chi connectivity index (χ1v) is 12.4. The molecule has 2 aliphatic rings. The third kappa shape index (κ3) is 5.34. The predicted octanol–water partition coefficient (Wildman–Crippen LogP) is 5.05. The molecule has 1 fully saturated rings. The average molecular weight is 482 g/mol. The van der Waals surface area contributed by atoms with Crippen LogP contribution in [0.15, 0.2) is 47.6 Å². The van der Waals surface area contributed by atoms with E-state index < -0.39 is 0 Å². The molecule has 2 aliphatic heterocycles. The smallest absolute Gasteiger partial charge is 0.323 e. The molecular formula is C27H32ClN3O3. The molecule has 34 heavy (non-hydrogen) atoms. The zero-order valence-corrected chi connectivity index (χ0v) is 20.8. The molecule has 2 aromatic rings. The number of piperidine rings is 1. The molecule has 2 aromatic carbocycles. The van der Waals surface area contributed by atoms with E-state index in [4.69, 9.17) is 21.4 Å². The number of amides is 1. The van der Waals surface area contributed by atoms with Gasteiger partial charge in [-0.3, -0.25) is 14.5 Å². The maximum absolute atomic E-state index is 13.6. The van der Waals surface area contributed by atoms with Crippen molar-refractivity contribution in [3.8, 4) is 0 Å². The second-order valence-electron chi connectivity index (χ2n) is 9.11. The third-order valence-corrected chi connectivity index (χ3v) is 6.89. The number of rotatable bonds is 6. The normalized spacial score (nSPS) is 20.8. The number of nitrogens with zero attached hydrogens (tertiary/aromatic N) is 3. The summed E-state index contributed by atoms with van der Waals surface area (Å²) in [5.41, 5.74) is 5.24. The van der Waals surface area contributed by atoms with Crippen LogP contribution in [0, 0.1) is 13.8 Å². The summed E-state index contributed by atoms with van der Waals surface area (Å²) in [6.45, 7) is 7.10. The van der Waals surface area contributed by atoms with Gasteiger partial charge in [0.1, 0.15) is 6.04 Å². The third-order valence-electron chi connectivity index (χ3n) is 6.64. The lowest BCUT2D eigenvalue weighted by Crippen LogP contribution is -2.49. The summed E-state index contributed by atoms with van der Waals surface area (Å²) < 4.78 is 5.27. The number of halogens is 1. The SMILES string of the molecule is CCOC(=O)C1CCCCN1CC(=O)N1N=C(c2cc(C)ccc2C)CC1c1ccc(Cl)cc1. The van der Waals surface area contributed by atoms with Crippen molar-refractivity contribution in [3.63, 3.8) is 0 Å². The van der Waals surface area contributed by atoms with Gasteiger partial charge in [0.05, 0.1) is 24.9 Å². The highest BCUT2D eigenvalue weighted by molar-refractivity contribution is 6.30. The monoisotopic (exact) mass is 481 g/mol. The number of hydrazone groups is 1. The largest absolute Gasteiger partial charge is 0.465 e. The quantitative estimate of drug-likeness (QED) is 0.541. The molecule has 0 saturated carbocycles. The number of esters is 1. The highest BCUT2D eigenvalue weighted by atomic mass is 35.5. The van der Waals surface area contributed by atoms with Gasteiger partial charge in [-0.2, -0.15) is 5.10 Å². The Labute approximate surface area is 206 Å². The Morgan fingerprint density at radius 1 is 1.12 bits per heavy atom. The Bertz CT molecular complexity index is 1080. The summed E-state index contributed by atoms with van der Waals surface area (Å²) in [4.78, 5) is 28.1. The van der Waals surface area contributed by atoms with Crippen LogP contribution in [0.4, 0.5) is 0 Å². The van der Waals surface area contributed by atoms with E-state index in [0.29, 0.717) is 31.0 Å². The molecule has 2 unspecified atom stereocenters. The zero-order chi connectivity index (χ0) is 24.2. The van der Waals surface area contributed by atoms with Gasteiger partial charge in [-0.05, 0) is 69.5 Å². The van der Waals surface area contributed by atoms with E-state index in [0.717, 1.165) is 40.8 Å². The van der Waals surface area contributed by atoms with Crippen LogP contribution < -0.4 is 0 Å². The molecule has 4 rings (SSSR count). The lowest BCUT2D eigenvalue weighted by molar-refractivity contribution is -0.152. The number of aryl methyl sites for hydroxylation is 2. The fourth-order valence-electron chi connectivity index (χ4n) is 4.83. The van der Waals surface area contributed by atoms with E-state index in [1.54, 1.807) is 11.9 Å².